The van der Waals surface area contributed by atoms with E-state index in [0.29, 0.717) is 36.6 Å². The Kier molecular flexibility index (Phi) is 6.33. The van der Waals surface area contributed by atoms with Crippen molar-refractivity contribution in [1.29, 1.82) is 0 Å². The third-order valence-electron chi connectivity index (χ3n) is 5.17. The van der Waals surface area contributed by atoms with Crippen molar-refractivity contribution < 1.29 is 4.79 Å². The van der Waals surface area contributed by atoms with Crippen molar-refractivity contribution in [1.82, 2.24) is 24.8 Å². The standard InChI is InChI=1S/C24H26N6O/c1-2-14-30-21-11-7-6-10-20(21)28-22(30)16-26-13-12-19-18(23(25)31)15-27-24(29-19)17-8-4-3-5-9-17/h3-11,15,26H,2,12-14,16H2,1H3,(H2,25,31). The minimum Gasteiger partial charge on any atom is -0.365 e. The van der Waals surface area contributed by atoms with Gasteiger partial charge in [-0.15, -0.1) is 0 Å². The Balaban J connectivity index is 1.48. The maximum Gasteiger partial charge on any atom is 0.252 e. The van der Waals surface area contributed by atoms with E-state index in [-0.39, 0.29) is 0 Å². The maximum absolute atomic E-state index is 11.8. The molecule has 31 heavy (non-hydrogen) atoms. The first kappa shape index (κ1) is 20.7. The van der Waals surface area contributed by atoms with Gasteiger partial charge in [0.25, 0.3) is 5.91 Å². The summed E-state index contributed by atoms with van der Waals surface area (Å²) in [7, 11) is 0. The van der Waals surface area contributed by atoms with Crippen LogP contribution >= 0.6 is 0 Å². The van der Waals surface area contributed by atoms with Crippen molar-refractivity contribution in [3.63, 3.8) is 0 Å². The average Bonchev–Trinajstić information content (AvgIpc) is 3.15. The van der Waals surface area contributed by atoms with Crippen molar-refractivity contribution in [2.45, 2.75) is 32.9 Å². The van der Waals surface area contributed by atoms with E-state index in [2.05, 4.69) is 32.8 Å². The molecule has 0 fully saturated rings. The van der Waals surface area contributed by atoms with Crippen LogP contribution in [0.1, 0.15) is 35.2 Å². The molecule has 158 valence electrons. The van der Waals surface area contributed by atoms with Crippen LogP contribution in [0.15, 0.2) is 60.8 Å². The maximum atomic E-state index is 11.8. The smallest absolute Gasteiger partial charge is 0.252 e. The molecule has 7 heteroatoms. The molecule has 3 N–H and O–H groups in total. The predicted molar refractivity (Wildman–Crippen MR) is 121 cm³/mol. The second-order valence-electron chi connectivity index (χ2n) is 7.38. The largest absolute Gasteiger partial charge is 0.365 e. The fraction of sp³-hybridized carbons (Fsp3) is 0.250. The number of nitrogens with one attached hydrogen (secondary N) is 1. The van der Waals surface area contributed by atoms with Gasteiger partial charge in [0.1, 0.15) is 5.82 Å². The molecule has 7 nitrogen and oxygen atoms in total. The van der Waals surface area contributed by atoms with Gasteiger partial charge in [0.05, 0.1) is 28.8 Å². The Morgan fingerprint density at radius 2 is 1.84 bits per heavy atom. The van der Waals surface area contributed by atoms with Crippen molar-refractivity contribution in [3.8, 4) is 11.4 Å². The van der Waals surface area contributed by atoms with Gasteiger partial charge in [-0.3, -0.25) is 4.79 Å². The molecule has 4 rings (SSSR count). The normalized spacial score (nSPS) is 11.1. The molecule has 2 aromatic carbocycles. The highest BCUT2D eigenvalue weighted by Crippen LogP contribution is 2.18. The molecule has 0 saturated carbocycles. The number of fused-ring (bicyclic) bond motifs is 1. The van der Waals surface area contributed by atoms with Crippen LogP contribution in [-0.2, 0) is 19.5 Å². The molecule has 0 aliphatic heterocycles. The second kappa shape index (κ2) is 9.49. The zero-order valence-electron chi connectivity index (χ0n) is 17.6. The van der Waals surface area contributed by atoms with Crippen molar-refractivity contribution in [2.24, 2.45) is 5.73 Å². The van der Waals surface area contributed by atoms with Gasteiger partial charge in [0.15, 0.2) is 5.82 Å². The van der Waals surface area contributed by atoms with Gasteiger partial charge in [-0.05, 0) is 18.6 Å². The lowest BCUT2D eigenvalue weighted by molar-refractivity contribution is 0.0998. The molecule has 0 unspecified atom stereocenters. The number of imidazole rings is 1. The zero-order chi connectivity index (χ0) is 21.6. The van der Waals surface area contributed by atoms with E-state index in [9.17, 15) is 4.79 Å². The fourth-order valence-electron chi connectivity index (χ4n) is 3.68. The summed E-state index contributed by atoms with van der Waals surface area (Å²) in [5.41, 5.74) is 9.62. The third kappa shape index (κ3) is 4.62. The van der Waals surface area contributed by atoms with E-state index in [1.54, 1.807) is 0 Å². The monoisotopic (exact) mass is 414 g/mol. The Bertz CT molecular complexity index is 1190. The summed E-state index contributed by atoms with van der Waals surface area (Å²) in [6.45, 7) is 4.37. The Morgan fingerprint density at radius 3 is 2.61 bits per heavy atom. The molecule has 2 heterocycles. The number of carbonyl (C=O) groups is 1. The van der Waals surface area contributed by atoms with Gasteiger partial charge in [0, 0.05) is 31.3 Å². The molecule has 0 aliphatic rings. The van der Waals surface area contributed by atoms with E-state index in [4.69, 9.17) is 10.7 Å². The molecule has 0 bridgehead atoms. The highest BCUT2D eigenvalue weighted by Gasteiger charge is 2.14. The van der Waals surface area contributed by atoms with Crippen LogP contribution in [0.3, 0.4) is 0 Å². The Morgan fingerprint density at radius 1 is 1.06 bits per heavy atom. The van der Waals surface area contributed by atoms with Gasteiger partial charge >= 0.3 is 0 Å². The summed E-state index contributed by atoms with van der Waals surface area (Å²) in [6.07, 6.45) is 3.13. The van der Waals surface area contributed by atoms with Gasteiger partial charge in [-0.1, -0.05) is 49.4 Å². The Labute approximate surface area is 181 Å². The molecular weight excluding hydrogens is 388 g/mol. The molecule has 0 spiro atoms. The van der Waals surface area contributed by atoms with Crippen molar-refractivity contribution in [3.05, 3.63) is 77.9 Å². The molecule has 0 atom stereocenters. The van der Waals surface area contributed by atoms with Gasteiger partial charge in [-0.2, -0.15) is 0 Å². The van der Waals surface area contributed by atoms with E-state index < -0.39 is 5.91 Å². The minimum atomic E-state index is -0.514. The summed E-state index contributed by atoms with van der Waals surface area (Å²) < 4.78 is 2.26. The number of nitrogens with zero attached hydrogens (tertiary/aromatic N) is 4. The van der Waals surface area contributed by atoms with E-state index in [0.717, 1.165) is 35.4 Å². The highest BCUT2D eigenvalue weighted by atomic mass is 16.1. The lowest BCUT2D eigenvalue weighted by Gasteiger charge is -2.10. The first-order valence-corrected chi connectivity index (χ1v) is 10.5. The van der Waals surface area contributed by atoms with Crippen LogP contribution in [0, 0.1) is 0 Å². The molecule has 0 saturated heterocycles. The summed E-state index contributed by atoms with van der Waals surface area (Å²) in [4.78, 5) is 25.6. The number of rotatable bonds is 9. The van der Waals surface area contributed by atoms with Crippen LogP contribution in [0.25, 0.3) is 22.4 Å². The number of hydrogen-bond acceptors (Lipinski definition) is 5. The first-order valence-electron chi connectivity index (χ1n) is 10.5. The van der Waals surface area contributed by atoms with Gasteiger partial charge in [-0.25, -0.2) is 15.0 Å². The number of carbonyl (C=O) groups excluding carboxylic acids is 1. The summed E-state index contributed by atoms with van der Waals surface area (Å²) in [5.74, 6) is 1.08. The lowest BCUT2D eigenvalue weighted by Crippen LogP contribution is -2.22. The van der Waals surface area contributed by atoms with Crippen LogP contribution in [0.2, 0.25) is 0 Å². The molecule has 4 aromatic rings. The van der Waals surface area contributed by atoms with E-state index in [1.165, 1.54) is 6.20 Å². The average molecular weight is 415 g/mol. The number of aryl methyl sites for hydroxylation is 1. The van der Waals surface area contributed by atoms with Crippen molar-refractivity contribution in [2.75, 3.05) is 6.54 Å². The number of para-hydroxylation sites is 2. The van der Waals surface area contributed by atoms with Crippen LogP contribution in [0.4, 0.5) is 0 Å². The van der Waals surface area contributed by atoms with Gasteiger partial charge < -0.3 is 15.6 Å². The number of aromatic nitrogens is 4. The second-order valence-corrected chi connectivity index (χ2v) is 7.38. The van der Waals surface area contributed by atoms with Gasteiger partial charge in [0.2, 0.25) is 0 Å². The van der Waals surface area contributed by atoms with Crippen LogP contribution in [-0.4, -0.2) is 32.0 Å². The van der Waals surface area contributed by atoms with Crippen LogP contribution < -0.4 is 11.1 Å². The quantitative estimate of drug-likeness (QED) is 0.409. The number of primary amides is 1. The summed E-state index contributed by atoms with van der Waals surface area (Å²) in [5, 5.41) is 3.44. The first-order chi connectivity index (χ1) is 15.2. The lowest BCUT2D eigenvalue weighted by atomic mass is 10.1. The van der Waals surface area contributed by atoms with E-state index >= 15 is 0 Å². The van der Waals surface area contributed by atoms with E-state index in [1.807, 2.05) is 48.5 Å². The number of hydrogen-bond donors (Lipinski definition) is 2. The predicted octanol–water partition coefficient (Wildman–Crippen LogP) is 3.33. The minimum absolute atomic E-state index is 0.361. The highest BCUT2D eigenvalue weighted by molar-refractivity contribution is 5.93. The van der Waals surface area contributed by atoms with Crippen LogP contribution in [0.5, 0.6) is 0 Å². The molecule has 1 amide bonds. The molecule has 0 radical (unpaired) electrons. The summed E-state index contributed by atoms with van der Waals surface area (Å²) in [6, 6.07) is 17.9. The van der Waals surface area contributed by atoms with Crippen molar-refractivity contribution >= 4 is 16.9 Å². The number of nitrogens with two attached hydrogens (primary N) is 1. The molecular formula is C24H26N6O. The molecule has 2 aromatic heterocycles. The topological polar surface area (TPSA) is 98.7 Å². The fourth-order valence-corrected chi connectivity index (χ4v) is 3.68. The number of benzene rings is 2. The zero-order valence-corrected chi connectivity index (χ0v) is 17.6. The third-order valence-corrected chi connectivity index (χ3v) is 5.17. The Hall–Kier alpha value is -3.58. The molecule has 0 aliphatic carbocycles. The number of amides is 1. The summed E-state index contributed by atoms with van der Waals surface area (Å²) >= 11 is 0. The SMILES string of the molecule is CCCn1c(CNCCc2nc(-c3ccccc3)ncc2C(N)=O)nc2ccccc21.